The molecule has 7 nitrogen and oxygen atoms in total. The summed E-state index contributed by atoms with van der Waals surface area (Å²) in [6, 6.07) is 20.7. The highest BCUT2D eigenvalue weighted by molar-refractivity contribution is 9.10. The van der Waals surface area contributed by atoms with Crippen molar-refractivity contribution in [3.05, 3.63) is 82.3 Å². The molecule has 2 N–H and O–H groups in total. The summed E-state index contributed by atoms with van der Waals surface area (Å²) in [5.74, 6) is 0.496. The third-order valence-electron chi connectivity index (χ3n) is 6.19. The van der Waals surface area contributed by atoms with Crippen LogP contribution in [0.2, 0.25) is 0 Å². The number of nitrogens with one attached hydrogen (secondary N) is 2. The van der Waals surface area contributed by atoms with Crippen LogP contribution >= 0.6 is 15.9 Å². The molecule has 1 heterocycles. The number of anilines is 3. The Bertz CT molecular complexity index is 1210. The van der Waals surface area contributed by atoms with Crippen molar-refractivity contribution in [1.82, 2.24) is 5.32 Å². The van der Waals surface area contributed by atoms with Gasteiger partial charge in [0.1, 0.15) is 5.75 Å². The summed E-state index contributed by atoms with van der Waals surface area (Å²) in [6.07, 6.45) is 0.846. The Morgan fingerprint density at radius 3 is 2.22 bits per heavy atom. The minimum Gasteiger partial charge on any atom is -0.495 e. The van der Waals surface area contributed by atoms with E-state index in [4.69, 9.17) is 4.74 Å². The van der Waals surface area contributed by atoms with Gasteiger partial charge in [0.2, 0.25) is 0 Å². The molecule has 0 radical (unpaired) electrons. The average molecular weight is 551 g/mol. The van der Waals surface area contributed by atoms with Gasteiger partial charge in [-0.2, -0.15) is 0 Å². The van der Waals surface area contributed by atoms with Gasteiger partial charge in [-0.25, -0.2) is 0 Å². The Morgan fingerprint density at radius 1 is 0.889 bits per heavy atom. The molecule has 8 heteroatoms. The van der Waals surface area contributed by atoms with Crippen molar-refractivity contribution in [3.8, 4) is 5.75 Å². The van der Waals surface area contributed by atoms with Crippen molar-refractivity contribution in [1.29, 1.82) is 0 Å². The van der Waals surface area contributed by atoms with Gasteiger partial charge in [-0.05, 0) is 61.0 Å². The molecular weight excluding hydrogens is 520 g/mol. The number of para-hydroxylation sites is 2. The van der Waals surface area contributed by atoms with E-state index in [-0.39, 0.29) is 11.8 Å². The van der Waals surface area contributed by atoms with E-state index >= 15 is 0 Å². The lowest BCUT2D eigenvalue weighted by atomic mass is 10.1. The van der Waals surface area contributed by atoms with Gasteiger partial charge < -0.3 is 25.2 Å². The number of hydrogen-bond acceptors (Lipinski definition) is 5. The van der Waals surface area contributed by atoms with Gasteiger partial charge in [0, 0.05) is 54.1 Å². The molecule has 0 spiro atoms. The molecular formula is C28H31BrN4O3. The summed E-state index contributed by atoms with van der Waals surface area (Å²) in [5, 5.41) is 5.91. The molecule has 0 saturated carbocycles. The highest BCUT2D eigenvalue weighted by atomic mass is 79.9. The molecule has 0 aromatic heterocycles. The highest BCUT2D eigenvalue weighted by Crippen LogP contribution is 2.31. The number of ether oxygens (including phenoxy) is 1. The SMILES string of the molecule is CCCNC(=O)c1cc(NC(=O)c2ccc(Br)cc2)ccc1N1CCN(c2ccccc2OC)CC1. The fraction of sp³-hybridized carbons (Fsp3) is 0.286. The van der Waals surface area contributed by atoms with Gasteiger partial charge in [-0.3, -0.25) is 9.59 Å². The van der Waals surface area contributed by atoms with Crippen molar-refractivity contribution in [2.24, 2.45) is 0 Å². The van der Waals surface area contributed by atoms with E-state index in [1.54, 1.807) is 25.3 Å². The quantitative estimate of drug-likeness (QED) is 0.404. The topological polar surface area (TPSA) is 73.9 Å². The van der Waals surface area contributed by atoms with Gasteiger partial charge in [-0.1, -0.05) is 35.0 Å². The molecule has 1 aliphatic rings. The second-order valence-corrected chi connectivity index (χ2v) is 9.51. The number of amides is 2. The normalized spacial score (nSPS) is 13.3. The maximum atomic E-state index is 13.1. The molecule has 2 amide bonds. The van der Waals surface area contributed by atoms with Crippen LogP contribution in [0.5, 0.6) is 5.75 Å². The second kappa shape index (κ2) is 11.9. The van der Waals surface area contributed by atoms with Crippen molar-refractivity contribution in [2.75, 3.05) is 55.0 Å². The number of piperazine rings is 1. The van der Waals surface area contributed by atoms with Crippen LogP contribution in [0.4, 0.5) is 17.1 Å². The van der Waals surface area contributed by atoms with Gasteiger partial charge in [-0.15, -0.1) is 0 Å². The van der Waals surface area contributed by atoms with Gasteiger partial charge in [0.05, 0.1) is 18.4 Å². The lowest BCUT2D eigenvalue weighted by molar-refractivity contribution is 0.0952. The molecule has 1 fully saturated rings. The molecule has 188 valence electrons. The summed E-state index contributed by atoms with van der Waals surface area (Å²) < 4.78 is 6.44. The minimum atomic E-state index is -0.222. The van der Waals surface area contributed by atoms with Gasteiger partial charge >= 0.3 is 0 Å². The summed E-state index contributed by atoms with van der Waals surface area (Å²) in [5.41, 5.74) is 3.63. The largest absolute Gasteiger partial charge is 0.495 e. The summed E-state index contributed by atoms with van der Waals surface area (Å²) in [6.45, 7) is 5.74. The third kappa shape index (κ3) is 5.99. The maximum Gasteiger partial charge on any atom is 0.255 e. The minimum absolute atomic E-state index is 0.140. The maximum absolute atomic E-state index is 13.1. The van der Waals surface area contributed by atoms with E-state index in [9.17, 15) is 9.59 Å². The number of halogens is 1. The predicted molar refractivity (Wildman–Crippen MR) is 149 cm³/mol. The number of carbonyl (C=O) groups excluding carboxylic acids is 2. The molecule has 0 unspecified atom stereocenters. The number of carbonyl (C=O) groups is 2. The van der Waals surface area contributed by atoms with E-state index in [0.29, 0.717) is 23.4 Å². The standard InChI is InChI=1S/C28H31BrN4O3/c1-3-14-30-28(35)23-19-22(31-27(34)20-8-10-21(29)11-9-20)12-13-24(23)32-15-17-33(18-16-32)25-6-4-5-7-26(25)36-2/h4-13,19H,3,14-18H2,1-2H3,(H,30,35)(H,31,34). The van der Waals surface area contributed by atoms with Crippen LogP contribution in [0.1, 0.15) is 34.1 Å². The third-order valence-corrected chi connectivity index (χ3v) is 6.72. The number of hydrogen-bond donors (Lipinski definition) is 2. The van der Waals surface area contributed by atoms with Crippen molar-refractivity contribution >= 4 is 44.8 Å². The number of nitrogens with zero attached hydrogens (tertiary/aromatic N) is 2. The fourth-order valence-corrected chi connectivity index (χ4v) is 4.55. The zero-order valence-corrected chi connectivity index (χ0v) is 22.2. The molecule has 1 aliphatic heterocycles. The van der Waals surface area contributed by atoms with Crippen molar-refractivity contribution in [3.63, 3.8) is 0 Å². The number of benzene rings is 3. The molecule has 36 heavy (non-hydrogen) atoms. The molecule has 0 atom stereocenters. The number of methoxy groups -OCH3 is 1. The first-order valence-electron chi connectivity index (χ1n) is 12.1. The van der Waals surface area contributed by atoms with Crippen molar-refractivity contribution < 1.29 is 14.3 Å². The van der Waals surface area contributed by atoms with Crippen LogP contribution in [0.3, 0.4) is 0 Å². The van der Waals surface area contributed by atoms with Crippen LogP contribution in [0.25, 0.3) is 0 Å². The van der Waals surface area contributed by atoms with E-state index < -0.39 is 0 Å². The molecule has 1 saturated heterocycles. The first kappa shape index (κ1) is 25.6. The van der Waals surface area contributed by atoms with Crippen LogP contribution in [0, 0.1) is 0 Å². The summed E-state index contributed by atoms with van der Waals surface area (Å²) in [7, 11) is 1.69. The Hall–Kier alpha value is -3.52. The van der Waals surface area contributed by atoms with E-state index in [2.05, 4.69) is 42.4 Å². The molecule has 3 aromatic rings. The first-order chi connectivity index (χ1) is 17.5. The van der Waals surface area contributed by atoms with Gasteiger partial charge in [0.25, 0.3) is 11.8 Å². The van der Waals surface area contributed by atoms with E-state index in [1.807, 2.05) is 49.4 Å². The fourth-order valence-electron chi connectivity index (χ4n) is 4.29. The Morgan fingerprint density at radius 2 is 1.56 bits per heavy atom. The monoisotopic (exact) mass is 550 g/mol. The van der Waals surface area contributed by atoms with Gasteiger partial charge in [0.15, 0.2) is 0 Å². The van der Waals surface area contributed by atoms with Crippen LogP contribution < -0.4 is 25.2 Å². The smallest absolute Gasteiger partial charge is 0.255 e. The zero-order valence-electron chi connectivity index (χ0n) is 20.6. The predicted octanol–water partition coefficient (Wildman–Crippen LogP) is 5.18. The first-order valence-corrected chi connectivity index (χ1v) is 12.9. The summed E-state index contributed by atoms with van der Waals surface area (Å²) >= 11 is 3.39. The Labute approximate surface area is 220 Å². The average Bonchev–Trinajstić information content (AvgIpc) is 2.92. The zero-order chi connectivity index (χ0) is 25.5. The van der Waals surface area contributed by atoms with E-state index in [1.165, 1.54) is 0 Å². The highest BCUT2D eigenvalue weighted by Gasteiger charge is 2.24. The summed E-state index contributed by atoms with van der Waals surface area (Å²) in [4.78, 5) is 30.4. The molecule has 3 aromatic carbocycles. The second-order valence-electron chi connectivity index (χ2n) is 8.59. The van der Waals surface area contributed by atoms with Crippen LogP contribution in [-0.4, -0.2) is 51.6 Å². The lowest BCUT2D eigenvalue weighted by Crippen LogP contribution is -2.47. The lowest BCUT2D eigenvalue weighted by Gasteiger charge is -2.38. The molecule has 0 aliphatic carbocycles. The molecule has 0 bridgehead atoms. The van der Waals surface area contributed by atoms with Crippen LogP contribution in [0.15, 0.2) is 71.2 Å². The van der Waals surface area contributed by atoms with Crippen LogP contribution in [-0.2, 0) is 0 Å². The Balaban J connectivity index is 1.53. The van der Waals surface area contributed by atoms with Crippen molar-refractivity contribution in [2.45, 2.75) is 13.3 Å². The molecule has 4 rings (SSSR count). The Kier molecular flexibility index (Phi) is 8.48. The number of rotatable bonds is 8. The van der Waals surface area contributed by atoms with E-state index in [0.717, 1.165) is 54.2 Å².